The maximum Gasteiger partial charge on any atom is 0.254 e. The van der Waals surface area contributed by atoms with Crippen molar-refractivity contribution in [1.82, 2.24) is 4.90 Å². The molecule has 7 heteroatoms. The normalized spacial score (nSPS) is 20.7. The molecular weight excluding hydrogens is 416 g/mol. The Labute approximate surface area is 183 Å². The van der Waals surface area contributed by atoms with Crippen LogP contribution in [0.5, 0.6) is 0 Å². The van der Waals surface area contributed by atoms with E-state index >= 15 is 0 Å². The third-order valence-corrected chi connectivity index (χ3v) is 7.56. The standard InChI is InChI=1S/C23H22N2O3S2/c26-22(18-6-2-11-28-18)24-16-5-1-4-15(14-16)23(27)25-10-8-19-17(9-13-30-19)21(25)20-7-3-12-29-20/h1,3-5,7,9,12-14,18,21H,2,6,8,10-11H2,(H,24,26)/t18-,21-/m0/s1. The number of benzene rings is 1. The first-order valence-electron chi connectivity index (χ1n) is 10.1. The van der Waals surface area contributed by atoms with Gasteiger partial charge in [-0.3, -0.25) is 9.59 Å². The van der Waals surface area contributed by atoms with E-state index in [2.05, 4.69) is 28.2 Å². The monoisotopic (exact) mass is 438 g/mol. The molecule has 1 N–H and O–H groups in total. The van der Waals surface area contributed by atoms with Crippen LogP contribution in [0.1, 0.15) is 44.6 Å². The molecule has 2 aliphatic rings. The maximum atomic E-state index is 13.5. The first-order valence-corrected chi connectivity index (χ1v) is 11.9. The van der Waals surface area contributed by atoms with Crippen molar-refractivity contribution in [3.05, 3.63) is 74.1 Å². The topological polar surface area (TPSA) is 58.6 Å². The van der Waals surface area contributed by atoms with E-state index in [1.807, 2.05) is 29.2 Å². The zero-order valence-electron chi connectivity index (χ0n) is 16.4. The molecule has 0 spiro atoms. The first kappa shape index (κ1) is 19.5. The van der Waals surface area contributed by atoms with Crippen LogP contribution < -0.4 is 5.32 Å². The van der Waals surface area contributed by atoms with Gasteiger partial charge in [-0.05, 0) is 65.9 Å². The van der Waals surface area contributed by atoms with Crippen LogP contribution >= 0.6 is 22.7 Å². The predicted molar refractivity (Wildman–Crippen MR) is 119 cm³/mol. The number of thiophene rings is 2. The number of hydrogen-bond acceptors (Lipinski definition) is 5. The summed E-state index contributed by atoms with van der Waals surface area (Å²) in [6, 6.07) is 13.4. The van der Waals surface area contributed by atoms with Gasteiger partial charge in [-0.25, -0.2) is 0 Å². The molecule has 30 heavy (non-hydrogen) atoms. The zero-order chi connectivity index (χ0) is 20.5. The highest BCUT2D eigenvalue weighted by Crippen LogP contribution is 2.40. The van der Waals surface area contributed by atoms with E-state index in [1.54, 1.807) is 28.7 Å². The highest BCUT2D eigenvalue weighted by Gasteiger charge is 2.34. The third kappa shape index (κ3) is 3.69. The van der Waals surface area contributed by atoms with Crippen molar-refractivity contribution in [2.75, 3.05) is 18.5 Å². The molecule has 3 aromatic rings. The third-order valence-electron chi connectivity index (χ3n) is 5.64. The Bertz CT molecular complexity index is 1050. The highest BCUT2D eigenvalue weighted by molar-refractivity contribution is 7.10. The minimum absolute atomic E-state index is 0.0153. The van der Waals surface area contributed by atoms with Gasteiger partial charge in [0.15, 0.2) is 0 Å². The lowest BCUT2D eigenvalue weighted by atomic mass is 9.97. The van der Waals surface area contributed by atoms with Crippen LogP contribution in [0.25, 0.3) is 0 Å². The van der Waals surface area contributed by atoms with E-state index in [-0.39, 0.29) is 17.9 Å². The van der Waals surface area contributed by atoms with E-state index in [0.717, 1.165) is 19.3 Å². The smallest absolute Gasteiger partial charge is 0.254 e. The average Bonchev–Trinajstić information content (AvgIpc) is 3.55. The maximum absolute atomic E-state index is 13.5. The number of nitrogens with one attached hydrogen (secondary N) is 1. The highest BCUT2D eigenvalue weighted by atomic mass is 32.1. The fraction of sp³-hybridized carbons (Fsp3) is 0.304. The molecule has 2 aliphatic heterocycles. The number of rotatable bonds is 4. The van der Waals surface area contributed by atoms with E-state index in [0.29, 0.717) is 24.4 Å². The second kappa shape index (κ2) is 8.34. The van der Waals surface area contributed by atoms with Gasteiger partial charge in [-0.1, -0.05) is 12.1 Å². The van der Waals surface area contributed by atoms with Crippen LogP contribution in [0, 0.1) is 0 Å². The van der Waals surface area contributed by atoms with E-state index in [9.17, 15) is 9.59 Å². The number of carbonyl (C=O) groups excluding carboxylic acids is 2. The van der Waals surface area contributed by atoms with Crippen molar-refractivity contribution in [3.63, 3.8) is 0 Å². The summed E-state index contributed by atoms with van der Waals surface area (Å²) in [7, 11) is 0. The molecule has 1 aromatic carbocycles. The van der Waals surface area contributed by atoms with Crippen LogP contribution in [0.15, 0.2) is 53.2 Å². The minimum atomic E-state index is -0.397. The summed E-state index contributed by atoms with van der Waals surface area (Å²) in [4.78, 5) is 30.4. The lowest BCUT2D eigenvalue weighted by Crippen LogP contribution is -2.39. The summed E-state index contributed by atoms with van der Waals surface area (Å²) >= 11 is 3.44. The van der Waals surface area contributed by atoms with Crippen LogP contribution in [0.2, 0.25) is 0 Å². The molecule has 1 fully saturated rings. The number of nitrogens with zero attached hydrogens (tertiary/aromatic N) is 1. The molecule has 0 aliphatic carbocycles. The molecule has 2 atom stereocenters. The molecule has 154 valence electrons. The largest absolute Gasteiger partial charge is 0.368 e. The summed E-state index contributed by atoms with van der Waals surface area (Å²) in [6.45, 7) is 1.31. The molecule has 4 heterocycles. The Kier molecular flexibility index (Phi) is 5.41. The van der Waals surface area contributed by atoms with Gasteiger partial charge < -0.3 is 15.0 Å². The average molecular weight is 439 g/mol. The summed E-state index contributed by atoms with van der Waals surface area (Å²) < 4.78 is 5.46. The number of hydrogen-bond donors (Lipinski definition) is 1. The van der Waals surface area contributed by atoms with Crippen LogP contribution in [0.4, 0.5) is 5.69 Å². The van der Waals surface area contributed by atoms with Gasteiger partial charge in [-0.2, -0.15) is 0 Å². The van der Waals surface area contributed by atoms with Crippen molar-refractivity contribution in [2.24, 2.45) is 0 Å². The number of ether oxygens (including phenoxy) is 1. The molecule has 0 bridgehead atoms. The Hall–Kier alpha value is -2.48. The molecule has 5 nitrogen and oxygen atoms in total. The van der Waals surface area contributed by atoms with Crippen LogP contribution in [0.3, 0.4) is 0 Å². The first-order chi connectivity index (χ1) is 14.7. The van der Waals surface area contributed by atoms with Gasteiger partial charge in [0, 0.05) is 34.2 Å². The Balaban J connectivity index is 1.40. The molecule has 0 radical (unpaired) electrons. The number of carbonyl (C=O) groups is 2. The molecule has 2 aromatic heterocycles. The lowest BCUT2D eigenvalue weighted by Gasteiger charge is -2.35. The molecule has 0 unspecified atom stereocenters. The van der Waals surface area contributed by atoms with Crippen molar-refractivity contribution in [2.45, 2.75) is 31.4 Å². The van der Waals surface area contributed by atoms with Crippen molar-refractivity contribution >= 4 is 40.2 Å². The summed E-state index contributed by atoms with van der Waals surface area (Å²) in [6.07, 6.45) is 2.12. The second-order valence-electron chi connectivity index (χ2n) is 7.54. The lowest BCUT2D eigenvalue weighted by molar-refractivity contribution is -0.124. The van der Waals surface area contributed by atoms with Crippen molar-refractivity contribution in [3.8, 4) is 0 Å². The molecular formula is C23H22N2O3S2. The summed E-state index contributed by atoms with van der Waals surface area (Å²) in [5.41, 5.74) is 2.44. The minimum Gasteiger partial charge on any atom is -0.368 e. The number of anilines is 1. The molecule has 1 saturated heterocycles. The Morgan fingerprint density at radius 2 is 2.03 bits per heavy atom. The van der Waals surface area contributed by atoms with Gasteiger partial charge in [0.25, 0.3) is 11.8 Å². The second-order valence-corrected chi connectivity index (χ2v) is 9.52. The fourth-order valence-corrected chi connectivity index (χ4v) is 5.95. The zero-order valence-corrected chi connectivity index (χ0v) is 18.0. The van der Waals surface area contributed by atoms with Gasteiger partial charge >= 0.3 is 0 Å². The molecule has 5 rings (SSSR count). The quantitative estimate of drug-likeness (QED) is 0.642. The van der Waals surface area contributed by atoms with E-state index in [1.165, 1.54) is 15.3 Å². The SMILES string of the molecule is O=C(Nc1cccc(C(=O)N2CCc3sccc3[C@H]2c2cccs2)c1)[C@@H]1CCCO1. The van der Waals surface area contributed by atoms with Gasteiger partial charge in [0.05, 0.1) is 6.04 Å². The van der Waals surface area contributed by atoms with Gasteiger partial charge in [-0.15, -0.1) is 22.7 Å². The Morgan fingerprint density at radius 1 is 1.10 bits per heavy atom. The summed E-state index contributed by atoms with van der Waals surface area (Å²) in [5, 5.41) is 7.07. The van der Waals surface area contributed by atoms with Crippen molar-refractivity contribution < 1.29 is 14.3 Å². The predicted octanol–water partition coefficient (Wildman–Crippen LogP) is 4.72. The van der Waals surface area contributed by atoms with E-state index < -0.39 is 6.10 Å². The van der Waals surface area contributed by atoms with E-state index in [4.69, 9.17) is 4.74 Å². The summed E-state index contributed by atoms with van der Waals surface area (Å²) in [5.74, 6) is -0.159. The van der Waals surface area contributed by atoms with Crippen LogP contribution in [-0.2, 0) is 16.0 Å². The molecule has 2 amide bonds. The number of fused-ring (bicyclic) bond motifs is 1. The fourth-order valence-electron chi connectivity index (χ4n) is 4.19. The van der Waals surface area contributed by atoms with Gasteiger partial charge in [0.2, 0.25) is 0 Å². The van der Waals surface area contributed by atoms with Gasteiger partial charge in [0.1, 0.15) is 6.10 Å². The molecule has 0 saturated carbocycles. The van der Waals surface area contributed by atoms with Crippen molar-refractivity contribution in [1.29, 1.82) is 0 Å². The number of amides is 2. The Morgan fingerprint density at radius 3 is 2.83 bits per heavy atom. The van der Waals surface area contributed by atoms with Crippen LogP contribution in [-0.4, -0.2) is 36.0 Å².